The van der Waals surface area contributed by atoms with Gasteiger partial charge in [-0.15, -0.1) is 0 Å². The molecule has 6 heteroatoms. The molecule has 0 radical (unpaired) electrons. The maximum Gasteiger partial charge on any atom is 0.279 e. The second-order valence-electron chi connectivity index (χ2n) is 3.43. The highest BCUT2D eigenvalue weighted by molar-refractivity contribution is 7.87. The predicted octanol–water partition coefficient (Wildman–Crippen LogP) is -0.866. The van der Waals surface area contributed by atoms with Crippen LogP contribution >= 0.6 is 0 Å². The van der Waals surface area contributed by atoms with Gasteiger partial charge in [-0.1, -0.05) is 0 Å². The SMILES string of the molecule is CN(C)S(=O)(=O)NC1CCNCC1. The first-order valence-electron chi connectivity index (χ1n) is 4.43. The minimum Gasteiger partial charge on any atom is -0.317 e. The molecule has 13 heavy (non-hydrogen) atoms. The predicted molar refractivity (Wildman–Crippen MR) is 51.6 cm³/mol. The van der Waals surface area contributed by atoms with Gasteiger partial charge in [0.2, 0.25) is 0 Å². The van der Waals surface area contributed by atoms with Crippen molar-refractivity contribution < 1.29 is 8.42 Å². The minimum atomic E-state index is -3.24. The Hall–Kier alpha value is -0.170. The Morgan fingerprint density at radius 2 is 1.85 bits per heavy atom. The summed E-state index contributed by atoms with van der Waals surface area (Å²) in [4.78, 5) is 0. The van der Waals surface area contributed by atoms with E-state index >= 15 is 0 Å². The van der Waals surface area contributed by atoms with E-state index in [1.165, 1.54) is 18.4 Å². The van der Waals surface area contributed by atoms with Crippen molar-refractivity contribution in [1.29, 1.82) is 0 Å². The van der Waals surface area contributed by atoms with Gasteiger partial charge in [-0.05, 0) is 25.9 Å². The van der Waals surface area contributed by atoms with Crippen molar-refractivity contribution in [1.82, 2.24) is 14.3 Å². The summed E-state index contributed by atoms with van der Waals surface area (Å²) in [5.74, 6) is 0. The van der Waals surface area contributed by atoms with Crippen molar-refractivity contribution in [2.75, 3.05) is 27.2 Å². The van der Waals surface area contributed by atoms with Gasteiger partial charge in [-0.3, -0.25) is 0 Å². The minimum absolute atomic E-state index is 0.0913. The molecule has 0 aromatic rings. The average Bonchev–Trinajstić information content (AvgIpc) is 2.05. The van der Waals surface area contributed by atoms with Gasteiger partial charge in [0.1, 0.15) is 0 Å². The van der Waals surface area contributed by atoms with Crippen LogP contribution in [0.4, 0.5) is 0 Å². The fraction of sp³-hybridized carbons (Fsp3) is 1.00. The third-order valence-corrected chi connectivity index (χ3v) is 3.73. The van der Waals surface area contributed by atoms with E-state index in [-0.39, 0.29) is 6.04 Å². The average molecular weight is 207 g/mol. The summed E-state index contributed by atoms with van der Waals surface area (Å²) in [5, 5.41) is 3.18. The van der Waals surface area contributed by atoms with E-state index in [0.717, 1.165) is 25.9 Å². The van der Waals surface area contributed by atoms with Crippen molar-refractivity contribution >= 4 is 10.2 Å². The monoisotopic (exact) mass is 207 g/mol. The smallest absolute Gasteiger partial charge is 0.279 e. The molecule has 1 aliphatic rings. The molecule has 1 rings (SSSR count). The van der Waals surface area contributed by atoms with Crippen molar-refractivity contribution in [3.05, 3.63) is 0 Å². The second kappa shape index (κ2) is 4.36. The lowest BCUT2D eigenvalue weighted by Gasteiger charge is -2.24. The van der Waals surface area contributed by atoms with Crippen LogP contribution in [-0.4, -0.2) is 45.9 Å². The van der Waals surface area contributed by atoms with Crippen molar-refractivity contribution in [3.63, 3.8) is 0 Å². The topological polar surface area (TPSA) is 61.4 Å². The molecule has 0 unspecified atom stereocenters. The normalized spacial score (nSPS) is 20.8. The quantitative estimate of drug-likeness (QED) is 0.633. The lowest BCUT2D eigenvalue weighted by Crippen LogP contribution is -2.46. The molecule has 0 aromatic carbocycles. The Labute approximate surface area is 79.7 Å². The molecule has 78 valence electrons. The summed E-state index contributed by atoms with van der Waals surface area (Å²) in [6, 6.07) is 0.0913. The first kappa shape index (κ1) is 10.9. The van der Waals surface area contributed by atoms with E-state index < -0.39 is 10.2 Å². The van der Waals surface area contributed by atoms with E-state index in [4.69, 9.17) is 0 Å². The molecular weight excluding hydrogens is 190 g/mol. The van der Waals surface area contributed by atoms with E-state index in [1.54, 1.807) is 0 Å². The van der Waals surface area contributed by atoms with Crippen LogP contribution in [-0.2, 0) is 10.2 Å². The first-order valence-corrected chi connectivity index (χ1v) is 5.87. The third kappa shape index (κ3) is 3.22. The zero-order valence-corrected chi connectivity index (χ0v) is 8.89. The molecule has 0 aromatic heterocycles. The van der Waals surface area contributed by atoms with Crippen LogP contribution in [0.2, 0.25) is 0 Å². The number of hydrogen-bond acceptors (Lipinski definition) is 3. The van der Waals surface area contributed by atoms with Gasteiger partial charge >= 0.3 is 0 Å². The Bertz CT molecular complexity index is 244. The van der Waals surface area contributed by atoms with Crippen LogP contribution in [0.3, 0.4) is 0 Å². The number of hydrogen-bond donors (Lipinski definition) is 2. The maximum atomic E-state index is 11.4. The number of nitrogens with zero attached hydrogens (tertiary/aromatic N) is 1. The van der Waals surface area contributed by atoms with Gasteiger partial charge in [-0.25, -0.2) is 0 Å². The summed E-state index contributed by atoms with van der Waals surface area (Å²) in [6.45, 7) is 1.78. The first-order chi connectivity index (χ1) is 6.02. The highest BCUT2D eigenvalue weighted by atomic mass is 32.2. The van der Waals surface area contributed by atoms with Crippen LogP contribution < -0.4 is 10.0 Å². The van der Waals surface area contributed by atoms with E-state index in [0.29, 0.717) is 0 Å². The Kier molecular flexibility index (Phi) is 3.66. The maximum absolute atomic E-state index is 11.4. The van der Waals surface area contributed by atoms with Crippen molar-refractivity contribution in [2.24, 2.45) is 0 Å². The van der Waals surface area contributed by atoms with Gasteiger partial charge in [0.05, 0.1) is 0 Å². The number of piperidine rings is 1. The fourth-order valence-electron chi connectivity index (χ4n) is 1.26. The Balaban J connectivity index is 2.47. The molecule has 0 spiro atoms. The second-order valence-corrected chi connectivity index (χ2v) is 5.35. The Morgan fingerprint density at radius 3 is 2.31 bits per heavy atom. The summed E-state index contributed by atoms with van der Waals surface area (Å²) in [7, 11) is -0.180. The third-order valence-electron chi connectivity index (χ3n) is 2.14. The van der Waals surface area contributed by atoms with Gasteiger partial charge < -0.3 is 5.32 Å². The molecule has 1 aliphatic heterocycles. The highest BCUT2D eigenvalue weighted by Gasteiger charge is 2.20. The van der Waals surface area contributed by atoms with E-state index in [1.807, 2.05) is 0 Å². The van der Waals surface area contributed by atoms with Gasteiger partial charge in [0, 0.05) is 20.1 Å². The summed E-state index contributed by atoms with van der Waals surface area (Å²) < 4.78 is 26.6. The summed E-state index contributed by atoms with van der Waals surface area (Å²) >= 11 is 0. The molecule has 1 saturated heterocycles. The zero-order chi connectivity index (χ0) is 9.90. The van der Waals surface area contributed by atoms with Gasteiger partial charge in [0.15, 0.2) is 0 Å². The standard InChI is InChI=1S/C7H17N3O2S/c1-10(2)13(11,12)9-7-3-5-8-6-4-7/h7-9H,3-6H2,1-2H3. The van der Waals surface area contributed by atoms with Gasteiger partial charge in [0.25, 0.3) is 10.2 Å². The lowest BCUT2D eigenvalue weighted by molar-refractivity contribution is 0.413. The molecule has 1 fully saturated rings. The number of rotatable bonds is 3. The van der Waals surface area contributed by atoms with Crippen molar-refractivity contribution in [2.45, 2.75) is 18.9 Å². The number of nitrogens with one attached hydrogen (secondary N) is 2. The summed E-state index contributed by atoms with van der Waals surface area (Å²) in [5.41, 5.74) is 0. The molecule has 0 atom stereocenters. The molecule has 0 amide bonds. The van der Waals surface area contributed by atoms with Crippen LogP contribution in [0, 0.1) is 0 Å². The Morgan fingerprint density at radius 1 is 1.31 bits per heavy atom. The van der Waals surface area contributed by atoms with Crippen LogP contribution in [0.5, 0.6) is 0 Å². The zero-order valence-electron chi connectivity index (χ0n) is 8.08. The highest BCUT2D eigenvalue weighted by Crippen LogP contribution is 2.04. The fourth-order valence-corrected chi connectivity index (χ4v) is 2.12. The molecule has 2 N–H and O–H groups in total. The van der Waals surface area contributed by atoms with Crippen molar-refractivity contribution in [3.8, 4) is 0 Å². The molecule has 1 heterocycles. The molecule has 0 aliphatic carbocycles. The van der Waals surface area contributed by atoms with E-state index in [2.05, 4.69) is 10.0 Å². The molecule has 5 nitrogen and oxygen atoms in total. The molecular formula is C7H17N3O2S. The molecule has 0 bridgehead atoms. The van der Waals surface area contributed by atoms with Gasteiger partial charge in [-0.2, -0.15) is 17.4 Å². The largest absolute Gasteiger partial charge is 0.317 e. The van der Waals surface area contributed by atoms with Crippen LogP contribution in [0.25, 0.3) is 0 Å². The summed E-state index contributed by atoms with van der Waals surface area (Å²) in [6.07, 6.45) is 1.74. The van der Waals surface area contributed by atoms with Crippen LogP contribution in [0.15, 0.2) is 0 Å². The van der Waals surface area contributed by atoms with E-state index in [9.17, 15) is 8.42 Å². The lowest BCUT2D eigenvalue weighted by atomic mass is 10.1. The van der Waals surface area contributed by atoms with Crippen LogP contribution in [0.1, 0.15) is 12.8 Å². The molecule has 0 saturated carbocycles.